The van der Waals surface area contributed by atoms with Crippen molar-refractivity contribution in [3.63, 3.8) is 0 Å². The van der Waals surface area contributed by atoms with Crippen LogP contribution < -0.4 is 15.4 Å². The zero-order valence-electron chi connectivity index (χ0n) is 26.8. The van der Waals surface area contributed by atoms with Crippen molar-refractivity contribution in [2.45, 2.75) is 95.4 Å². The third-order valence-corrected chi connectivity index (χ3v) is 10.1. The zero-order chi connectivity index (χ0) is 31.3. The summed E-state index contributed by atoms with van der Waals surface area (Å²) < 4.78 is 5.99. The summed E-state index contributed by atoms with van der Waals surface area (Å²) in [5.41, 5.74) is 0.856. The van der Waals surface area contributed by atoms with Crippen molar-refractivity contribution in [3.05, 3.63) is 59.7 Å². The van der Waals surface area contributed by atoms with Gasteiger partial charge in [-0.25, -0.2) is 0 Å². The molecule has 0 bridgehead atoms. The van der Waals surface area contributed by atoms with E-state index in [1.807, 2.05) is 17.0 Å². The maximum atomic E-state index is 13.9. The predicted octanol–water partition coefficient (Wildman–Crippen LogP) is 5.22. The Morgan fingerprint density at radius 1 is 1.02 bits per heavy atom. The van der Waals surface area contributed by atoms with Crippen LogP contribution in [0.4, 0.5) is 0 Å². The number of benzene rings is 2. The highest BCUT2D eigenvalue weighted by molar-refractivity contribution is 6.00. The Kier molecular flexibility index (Phi) is 11.9. The number of unbranched alkanes of at least 4 members (excludes halogenated alkanes) is 1. The van der Waals surface area contributed by atoms with Crippen LogP contribution in [0.2, 0.25) is 0 Å². The number of halogens is 1. The van der Waals surface area contributed by atoms with Crippen molar-refractivity contribution in [1.29, 1.82) is 0 Å². The minimum absolute atomic E-state index is 0. The second kappa shape index (κ2) is 15.4. The van der Waals surface area contributed by atoms with E-state index in [1.54, 1.807) is 31.3 Å². The van der Waals surface area contributed by atoms with Crippen molar-refractivity contribution in [1.82, 2.24) is 20.4 Å². The standard InChI is InChI=1S/C35H48N4O5.ClH/c1-4-5-21-39-33(42)30(31(40)26-9-7-6-8-10-26)37-34(43)35(39)19-22-38(23-20-35)24(2)25-11-15-28(16-12-25)44-29-17-13-27(14-18-29)32(41)36-3;/h11-18,24,26,30-31,40H,4-10,19-23H2,1-3H3,(H,36,41)(H,37,43);1H/t24?,30-,31-;/m1./s1. The number of nitrogens with one attached hydrogen (secondary N) is 2. The number of carbonyl (C=O) groups excluding carboxylic acids is 3. The number of rotatable bonds is 10. The molecule has 1 unspecified atom stereocenters. The lowest BCUT2D eigenvalue weighted by atomic mass is 9.77. The minimum Gasteiger partial charge on any atom is -0.457 e. The van der Waals surface area contributed by atoms with E-state index in [-0.39, 0.29) is 42.1 Å². The molecule has 2 aromatic rings. The van der Waals surface area contributed by atoms with Gasteiger partial charge in [0.25, 0.3) is 5.91 Å². The van der Waals surface area contributed by atoms with Crippen molar-refractivity contribution in [3.8, 4) is 11.5 Å². The first kappa shape index (κ1) is 34.7. The monoisotopic (exact) mass is 640 g/mol. The second-order valence-electron chi connectivity index (χ2n) is 12.7. The minimum atomic E-state index is -0.865. The number of aliphatic hydroxyl groups excluding tert-OH is 1. The van der Waals surface area contributed by atoms with Gasteiger partial charge >= 0.3 is 0 Å². The molecule has 10 heteroatoms. The normalized spacial score (nSPS) is 21.9. The summed E-state index contributed by atoms with van der Waals surface area (Å²) in [5.74, 6) is 1.07. The van der Waals surface area contributed by atoms with E-state index in [9.17, 15) is 19.5 Å². The van der Waals surface area contributed by atoms with Gasteiger partial charge in [-0.15, -0.1) is 12.4 Å². The molecule has 1 aliphatic carbocycles. The van der Waals surface area contributed by atoms with Crippen molar-refractivity contribution in [2.75, 3.05) is 26.7 Å². The van der Waals surface area contributed by atoms with Crippen LogP contribution in [0, 0.1) is 5.92 Å². The third-order valence-electron chi connectivity index (χ3n) is 10.1. The summed E-state index contributed by atoms with van der Waals surface area (Å²) in [6.07, 6.45) is 7.19. The Labute approximate surface area is 273 Å². The van der Waals surface area contributed by atoms with E-state index in [4.69, 9.17) is 4.74 Å². The van der Waals surface area contributed by atoms with Crippen molar-refractivity contribution in [2.24, 2.45) is 5.92 Å². The largest absolute Gasteiger partial charge is 0.457 e. The molecule has 3 aliphatic rings. The molecule has 1 saturated carbocycles. The molecule has 2 saturated heterocycles. The van der Waals surface area contributed by atoms with E-state index in [2.05, 4.69) is 41.5 Å². The molecule has 5 rings (SSSR count). The number of carbonyl (C=O) groups is 3. The number of hydrogen-bond acceptors (Lipinski definition) is 6. The molecule has 3 amide bonds. The van der Waals surface area contributed by atoms with E-state index in [0.29, 0.717) is 49.5 Å². The van der Waals surface area contributed by atoms with Gasteiger partial charge in [0.1, 0.15) is 23.1 Å². The molecule has 0 radical (unpaired) electrons. The van der Waals surface area contributed by atoms with Crippen molar-refractivity contribution >= 4 is 30.1 Å². The van der Waals surface area contributed by atoms with Gasteiger partial charge in [-0.1, -0.05) is 44.7 Å². The second-order valence-corrected chi connectivity index (χ2v) is 12.7. The number of nitrogens with zero attached hydrogens (tertiary/aromatic N) is 2. The summed E-state index contributed by atoms with van der Waals surface area (Å²) in [6.45, 7) is 6.19. The SMILES string of the molecule is CCCCN1C(=O)[C@@H]([C@H](O)C2CCCCC2)NC(=O)C12CCN(C(C)c1ccc(Oc3ccc(C(=O)NC)cc3)cc1)CC2.Cl. The highest BCUT2D eigenvalue weighted by atomic mass is 35.5. The quantitative estimate of drug-likeness (QED) is 0.328. The van der Waals surface area contributed by atoms with Crippen LogP contribution in [0.1, 0.15) is 93.6 Å². The molecular weight excluding hydrogens is 592 g/mol. The van der Waals surface area contributed by atoms with E-state index in [0.717, 1.165) is 44.1 Å². The number of amides is 3. The topological polar surface area (TPSA) is 111 Å². The van der Waals surface area contributed by atoms with E-state index >= 15 is 0 Å². The average Bonchev–Trinajstić information content (AvgIpc) is 3.07. The fourth-order valence-corrected chi connectivity index (χ4v) is 7.22. The number of hydrogen-bond donors (Lipinski definition) is 3. The van der Waals surface area contributed by atoms with Gasteiger partial charge in [0.15, 0.2) is 0 Å². The Morgan fingerprint density at radius 3 is 2.20 bits per heavy atom. The maximum Gasteiger partial charge on any atom is 0.251 e. The molecule has 0 aromatic heterocycles. The molecule has 3 fully saturated rings. The van der Waals surface area contributed by atoms with Gasteiger partial charge in [0, 0.05) is 38.3 Å². The lowest BCUT2D eigenvalue weighted by Crippen LogP contribution is -2.75. The lowest BCUT2D eigenvalue weighted by molar-refractivity contribution is -0.166. The van der Waals surface area contributed by atoms with Crippen LogP contribution in [0.5, 0.6) is 11.5 Å². The lowest BCUT2D eigenvalue weighted by Gasteiger charge is -2.53. The van der Waals surface area contributed by atoms with E-state index < -0.39 is 17.7 Å². The number of piperidine rings is 1. The van der Waals surface area contributed by atoms with Crippen LogP contribution in [-0.4, -0.2) is 77.0 Å². The zero-order valence-corrected chi connectivity index (χ0v) is 27.6. The number of piperazine rings is 1. The maximum absolute atomic E-state index is 13.9. The molecule has 2 aliphatic heterocycles. The summed E-state index contributed by atoms with van der Waals surface area (Å²) in [6, 6.07) is 14.3. The van der Waals surface area contributed by atoms with Crippen LogP contribution in [0.15, 0.2) is 48.5 Å². The Morgan fingerprint density at radius 2 is 1.62 bits per heavy atom. The van der Waals surface area contributed by atoms with Gasteiger partial charge in [0.05, 0.1) is 6.10 Å². The fraction of sp³-hybridized carbons (Fsp3) is 0.571. The van der Waals surface area contributed by atoms with Crippen LogP contribution >= 0.6 is 12.4 Å². The molecule has 2 heterocycles. The van der Waals surface area contributed by atoms with Crippen molar-refractivity contribution < 1.29 is 24.2 Å². The third kappa shape index (κ3) is 7.47. The molecular formula is C35H49ClN4O5. The van der Waals surface area contributed by atoms with Gasteiger partial charge in [-0.05, 0) is 86.9 Å². The first-order valence-electron chi connectivity index (χ1n) is 16.4. The number of ether oxygens (including phenoxy) is 1. The number of likely N-dealkylation sites (tertiary alicyclic amines) is 1. The highest BCUT2D eigenvalue weighted by Crippen LogP contribution is 2.38. The smallest absolute Gasteiger partial charge is 0.251 e. The molecule has 3 N–H and O–H groups in total. The van der Waals surface area contributed by atoms with Gasteiger partial charge in [-0.2, -0.15) is 0 Å². The summed E-state index contributed by atoms with van der Waals surface area (Å²) in [7, 11) is 1.60. The molecule has 246 valence electrons. The van der Waals surface area contributed by atoms with Gasteiger partial charge in [0.2, 0.25) is 11.8 Å². The number of aliphatic hydroxyl groups is 1. The molecule has 3 atom stereocenters. The Balaban J connectivity index is 0.00000461. The molecule has 45 heavy (non-hydrogen) atoms. The summed E-state index contributed by atoms with van der Waals surface area (Å²) in [4.78, 5) is 43.7. The predicted molar refractivity (Wildman–Crippen MR) is 177 cm³/mol. The van der Waals surface area contributed by atoms with Crippen LogP contribution in [0.25, 0.3) is 0 Å². The molecule has 9 nitrogen and oxygen atoms in total. The van der Waals surface area contributed by atoms with Gasteiger partial charge < -0.3 is 25.4 Å². The van der Waals surface area contributed by atoms with Gasteiger partial charge in [-0.3, -0.25) is 19.3 Å². The highest BCUT2D eigenvalue weighted by Gasteiger charge is 2.55. The first-order chi connectivity index (χ1) is 21.3. The fourth-order valence-electron chi connectivity index (χ4n) is 7.22. The average molecular weight is 641 g/mol. The summed E-state index contributed by atoms with van der Waals surface area (Å²) >= 11 is 0. The summed E-state index contributed by atoms with van der Waals surface area (Å²) in [5, 5.41) is 16.8. The Hall–Kier alpha value is -3.14. The van der Waals surface area contributed by atoms with Crippen LogP contribution in [-0.2, 0) is 9.59 Å². The Bertz CT molecular complexity index is 1290. The van der Waals surface area contributed by atoms with Crippen LogP contribution in [0.3, 0.4) is 0 Å². The molecule has 1 spiro atoms. The molecule has 2 aromatic carbocycles. The van der Waals surface area contributed by atoms with E-state index in [1.165, 1.54) is 6.42 Å². The first-order valence-corrected chi connectivity index (χ1v) is 16.4.